The summed E-state index contributed by atoms with van der Waals surface area (Å²) in [5.74, 6) is -2.14. The maximum atomic E-state index is 13.2. The van der Waals surface area contributed by atoms with E-state index in [1.807, 2.05) is 0 Å². The minimum atomic E-state index is -0.935. The number of hydrogen-bond acceptors (Lipinski definition) is 5. The molecule has 3 rings (SSSR count). The topological polar surface area (TPSA) is 78.3 Å². The minimum absolute atomic E-state index is 0.190. The highest BCUT2D eigenvalue weighted by molar-refractivity contribution is 6.38. The number of ketones is 2. The summed E-state index contributed by atoms with van der Waals surface area (Å²) >= 11 is 5.88. The van der Waals surface area contributed by atoms with Crippen molar-refractivity contribution in [1.29, 1.82) is 0 Å². The molecule has 0 fully saturated rings. The van der Waals surface area contributed by atoms with Crippen LogP contribution in [0, 0.1) is 0 Å². The molecule has 0 aliphatic heterocycles. The van der Waals surface area contributed by atoms with Gasteiger partial charge >= 0.3 is 5.97 Å². The van der Waals surface area contributed by atoms with E-state index in [1.165, 1.54) is 41.3 Å². The molecule has 2 aromatic carbocycles. The molecule has 0 bridgehead atoms. The van der Waals surface area contributed by atoms with E-state index < -0.39 is 23.1 Å². The third-order valence-electron chi connectivity index (χ3n) is 3.94. The van der Waals surface area contributed by atoms with Gasteiger partial charge in [-0.3, -0.25) is 9.59 Å². The normalized spacial score (nSPS) is 11.5. The molecule has 1 aromatic heterocycles. The van der Waals surface area contributed by atoms with Crippen molar-refractivity contribution in [2.24, 2.45) is 0 Å². The van der Waals surface area contributed by atoms with Crippen LogP contribution in [0.15, 0.2) is 78.6 Å². The first kappa shape index (κ1) is 19.3. The smallest absolute Gasteiger partial charge is 0.344 e. The van der Waals surface area contributed by atoms with Crippen molar-refractivity contribution in [2.75, 3.05) is 7.11 Å². The average Bonchev–Trinajstić information content (AvgIpc) is 3.26. The lowest BCUT2D eigenvalue weighted by molar-refractivity contribution is -0.135. The van der Waals surface area contributed by atoms with Gasteiger partial charge in [0.15, 0.2) is 0 Å². The van der Waals surface area contributed by atoms with Crippen molar-refractivity contribution in [2.45, 2.75) is 0 Å². The molecule has 0 saturated heterocycles. The Kier molecular flexibility index (Phi) is 5.81. The number of carbonyl (C=O) groups excluding carboxylic acids is 3. The summed E-state index contributed by atoms with van der Waals surface area (Å²) in [6.07, 6.45) is 2.92. The van der Waals surface area contributed by atoms with E-state index in [1.54, 1.807) is 36.4 Å². The van der Waals surface area contributed by atoms with Gasteiger partial charge in [-0.25, -0.2) is 9.48 Å². The zero-order chi connectivity index (χ0) is 20.1. The average molecular weight is 395 g/mol. The molecule has 0 aliphatic rings. The number of carbonyl (C=O) groups is 3. The van der Waals surface area contributed by atoms with Crippen LogP contribution in [0.1, 0.15) is 20.7 Å². The molecule has 28 heavy (non-hydrogen) atoms. The Morgan fingerprint density at radius 1 is 0.893 bits per heavy atom. The van der Waals surface area contributed by atoms with E-state index in [9.17, 15) is 14.4 Å². The number of rotatable bonds is 6. The van der Waals surface area contributed by atoms with E-state index in [0.717, 1.165) is 7.11 Å². The molecule has 0 saturated carbocycles. The second-order valence-corrected chi connectivity index (χ2v) is 6.13. The number of methoxy groups -OCH3 is 1. The lowest BCUT2D eigenvalue weighted by Gasteiger charge is -2.13. The first-order chi connectivity index (χ1) is 13.5. The first-order valence-corrected chi connectivity index (χ1v) is 8.63. The third-order valence-corrected chi connectivity index (χ3v) is 4.20. The number of Topliss-reactive ketones (excluding diaryl/α,β-unsaturated/α-hetero) is 2. The Hall–Kier alpha value is -3.51. The molecule has 0 unspecified atom stereocenters. The second kappa shape index (κ2) is 8.45. The molecule has 1 heterocycles. The Morgan fingerprint density at radius 3 is 2.11 bits per heavy atom. The van der Waals surface area contributed by atoms with Crippen molar-refractivity contribution in [3.63, 3.8) is 0 Å². The summed E-state index contributed by atoms with van der Waals surface area (Å²) < 4.78 is 6.00. The highest BCUT2D eigenvalue weighted by Crippen LogP contribution is 2.23. The second-order valence-electron chi connectivity index (χ2n) is 5.70. The fourth-order valence-electron chi connectivity index (χ4n) is 2.60. The molecule has 140 valence electrons. The molecule has 0 amide bonds. The van der Waals surface area contributed by atoms with Gasteiger partial charge in [0.25, 0.3) is 0 Å². The van der Waals surface area contributed by atoms with Crippen molar-refractivity contribution in [1.82, 2.24) is 9.78 Å². The lowest BCUT2D eigenvalue weighted by atomic mass is 9.97. The summed E-state index contributed by atoms with van der Waals surface area (Å²) in [4.78, 5) is 38.9. The van der Waals surface area contributed by atoms with Gasteiger partial charge in [-0.2, -0.15) is 5.10 Å². The van der Waals surface area contributed by atoms with Crippen LogP contribution in [-0.4, -0.2) is 34.4 Å². The summed E-state index contributed by atoms with van der Waals surface area (Å²) in [7, 11) is 1.14. The molecular formula is C21H15ClN2O4. The number of nitrogens with zero attached hydrogens (tertiary/aromatic N) is 2. The summed E-state index contributed by atoms with van der Waals surface area (Å²) in [6, 6.07) is 15.9. The maximum Gasteiger partial charge on any atom is 0.344 e. The van der Waals surface area contributed by atoms with Gasteiger partial charge in [-0.05, 0) is 30.3 Å². The highest BCUT2D eigenvalue weighted by atomic mass is 35.5. The molecule has 0 aliphatic carbocycles. The van der Waals surface area contributed by atoms with Crippen LogP contribution < -0.4 is 0 Å². The van der Waals surface area contributed by atoms with Crippen LogP contribution in [0.2, 0.25) is 5.02 Å². The molecule has 6 nitrogen and oxygen atoms in total. The number of benzene rings is 2. The van der Waals surface area contributed by atoms with Gasteiger partial charge in [-0.15, -0.1) is 0 Å². The van der Waals surface area contributed by atoms with Gasteiger partial charge in [0.2, 0.25) is 11.6 Å². The van der Waals surface area contributed by atoms with Crippen molar-refractivity contribution in [3.05, 3.63) is 94.8 Å². The predicted molar refractivity (Wildman–Crippen MR) is 104 cm³/mol. The van der Waals surface area contributed by atoms with E-state index in [0.29, 0.717) is 10.6 Å². The van der Waals surface area contributed by atoms with Crippen molar-refractivity contribution in [3.8, 4) is 0 Å². The van der Waals surface area contributed by atoms with Crippen LogP contribution in [0.4, 0.5) is 0 Å². The number of hydrogen-bond donors (Lipinski definition) is 0. The quantitative estimate of drug-likeness (QED) is 0.209. The number of halogens is 1. The van der Waals surface area contributed by atoms with Gasteiger partial charge in [-0.1, -0.05) is 41.9 Å². The van der Waals surface area contributed by atoms with Gasteiger partial charge in [0.05, 0.1) is 7.11 Å². The lowest BCUT2D eigenvalue weighted by Crippen LogP contribution is -2.23. The van der Waals surface area contributed by atoms with Crippen LogP contribution in [0.5, 0.6) is 0 Å². The molecular weight excluding hydrogens is 380 g/mol. The SMILES string of the molecule is COC(=O)/C(C(=O)c1ccc(Cl)cc1)=C(/C(=O)c1ccccc1)n1cccn1. The highest BCUT2D eigenvalue weighted by Gasteiger charge is 2.31. The fraction of sp³-hybridized carbons (Fsp3) is 0.0476. The molecule has 7 heteroatoms. The number of ether oxygens (including phenoxy) is 1. The standard InChI is InChI=1S/C21H15ClN2O4/c1-28-21(27)17(19(25)15-8-10-16(22)11-9-15)18(24-13-5-12-23-24)20(26)14-6-3-2-4-7-14/h2-13H,1H3/b18-17-. The number of aromatic nitrogens is 2. The Bertz CT molecular complexity index is 1040. The zero-order valence-electron chi connectivity index (χ0n) is 14.8. The summed E-state index contributed by atoms with van der Waals surface area (Å²) in [6.45, 7) is 0. The molecule has 0 spiro atoms. The summed E-state index contributed by atoms with van der Waals surface area (Å²) in [5.41, 5.74) is -0.112. The Balaban J connectivity index is 2.25. The van der Waals surface area contributed by atoms with Crippen LogP contribution in [-0.2, 0) is 9.53 Å². The zero-order valence-corrected chi connectivity index (χ0v) is 15.6. The predicted octanol–water partition coefficient (Wildman–Crippen LogP) is 3.69. The van der Waals surface area contributed by atoms with E-state index in [-0.39, 0.29) is 11.3 Å². The fourth-order valence-corrected chi connectivity index (χ4v) is 2.73. The Labute approximate surface area is 166 Å². The number of allylic oxidation sites excluding steroid dienone is 1. The number of esters is 1. The monoisotopic (exact) mass is 394 g/mol. The molecule has 0 radical (unpaired) electrons. The van der Waals surface area contributed by atoms with E-state index in [2.05, 4.69) is 5.10 Å². The van der Waals surface area contributed by atoms with Crippen molar-refractivity contribution >= 4 is 34.8 Å². The maximum absolute atomic E-state index is 13.2. The van der Waals surface area contributed by atoms with Crippen LogP contribution in [0.25, 0.3) is 5.70 Å². The van der Waals surface area contributed by atoms with Crippen LogP contribution >= 0.6 is 11.6 Å². The van der Waals surface area contributed by atoms with E-state index >= 15 is 0 Å². The van der Waals surface area contributed by atoms with Crippen LogP contribution in [0.3, 0.4) is 0 Å². The van der Waals surface area contributed by atoms with Crippen molar-refractivity contribution < 1.29 is 19.1 Å². The van der Waals surface area contributed by atoms with E-state index in [4.69, 9.17) is 16.3 Å². The Morgan fingerprint density at radius 2 is 1.54 bits per heavy atom. The summed E-state index contributed by atoms with van der Waals surface area (Å²) in [5, 5.41) is 4.49. The first-order valence-electron chi connectivity index (χ1n) is 8.25. The molecule has 0 atom stereocenters. The van der Waals surface area contributed by atoms with Gasteiger partial charge < -0.3 is 4.74 Å². The van der Waals surface area contributed by atoms with Gasteiger partial charge in [0.1, 0.15) is 11.3 Å². The minimum Gasteiger partial charge on any atom is -0.465 e. The molecule has 3 aromatic rings. The molecule has 0 N–H and O–H groups in total. The van der Waals surface area contributed by atoms with Gasteiger partial charge in [0, 0.05) is 28.5 Å². The third kappa shape index (κ3) is 3.92. The largest absolute Gasteiger partial charge is 0.465 e.